The third-order valence-corrected chi connectivity index (χ3v) is 3.73. The fourth-order valence-electron chi connectivity index (χ4n) is 2.79. The van der Waals surface area contributed by atoms with E-state index in [1.807, 2.05) is 24.3 Å². The van der Waals surface area contributed by atoms with Crippen molar-refractivity contribution < 1.29 is 5.21 Å². The second-order valence-electron chi connectivity index (χ2n) is 4.86. The molecular formula is C15H17N3O. The van der Waals surface area contributed by atoms with E-state index in [2.05, 4.69) is 22.2 Å². The number of nitrogens with zero attached hydrogens (tertiary/aromatic N) is 2. The fraction of sp³-hybridized carbons (Fsp3) is 0.267. The van der Waals surface area contributed by atoms with Crippen molar-refractivity contribution in [3.8, 4) is 0 Å². The average Bonchev–Trinajstić information content (AvgIpc) is 2.99. The summed E-state index contributed by atoms with van der Waals surface area (Å²) in [6.07, 6.45) is 2.49. The Morgan fingerprint density at radius 1 is 1.05 bits per heavy atom. The van der Waals surface area contributed by atoms with Gasteiger partial charge in [0.1, 0.15) is 0 Å². The van der Waals surface area contributed by atoms with Crippen LogP contribution in [0.15, 0.2) is 41.6 Å². The predicted molar refractivity (Wildman–Crippen MR) is 77.9 cm³/mol. The highest BCUT2D eigenvalue weighted by molar-refractivity contribution is 6.11. The van der Waals surface area contributed by atoms with Gasteiger partial charge in [0.05, 0.1) is 0 Å². The number of anilines is 1. The maximum absolute atomic E-state index is 8.88. The van der Waals surface area contributed by atoms with Gasteiger partial charge < -0.3 is 15.8 Å². The Hall–Kier alpha value is -2.23. The molecule has 1 fully saturated rings. The molecule has 0 unspecified atom stereocenters. The van der Waals surface area contributed by atoms with Crippen LogP contribution in [-0.4, -0.2) is 24.1 Å². The Labute approximate surface area is 112 Å². The standard InChI is InChI=1S/C15H17N3O/c16-15(17-19)13-7-8-14(18-9-3-4-10-18)12-6-2-1-5-11(12)13/h1-2,5-8,19H,3-4,9-10H2,(H2,16,17). The Morgan fingerprint density at radius 3 is 2.42 bits per heavy atom. The summed E-state index contributed by atoms with van der Waals surface area (Å²) in [7, 11) is 0. The topological polar surface area (TPSA) is 61.9 Å². The zero-order valence-corrected chi connectivity index (χ0v) is 10.7. The summed E-state index contributed by atoms with van der Waals surface area (Å²) >= 11 is 0. The molecule has 3 N–H and O–H groups in total. The van der Waals surface area contributed by atoms with E-state index in [0.717, 1.165) is 29.4 Å². The van der Waals surface area contributed by atoms with Crippen molar-refractivity contribution in [2.75, 3.05) is 18.0 Å². The lowest BCUT2D eigenvalue weighted by atomic mass is 10.0. The summed E-state index contributed by atoms with van der Waals surface area (Å²) in [4.78, 5) is 2.40. The van der Waals surface area contributed by atoms with E-state index in [-0.39, 0.29) is 5.84 Å². The van der Waals surface area contributed by atoms with Crippen LogP contribution in [0.3, 0.4) is 0 Å². The molecule has 1 aliphatic heterocycles. The maximum atomic E-state index is 8.88. The Morgan fingerprint density at radius 2 is 1.74 bits per heavy atom. The molecule has 1 heterocycles. The molecule has 4 nitrogen and oxygen atoms in total. The molecule has 1 aliphatic rings. The number of fused-ring (bicyclic) bond motifs is 1. The van der Waals surface area contributed by atoms with Crippen LogP contribution in [-0.2, 0) is 0 Å². The first kappa shape index (κ1) is 11.8. The zero-order valence-electron chi connectivity index (χ0n) is 10.7. The second-order valence-corrected chi connectivity index (χ2v) is 4.86. The van der Waals surface area contributed by atoms with Crippen LogP contribution in [0.2, 0.25) is 0 Å². The quantitative estimate of drug-likeness (QED) is 0.375. The van der Waals surface area contributed by atoms with E-state index in [1.165, 1.54) is 18.5 Å². The summed E-state index contributed by atoms with van der Waals surface area (Å²) in [5, 5.41) is 14.2. The molecule has 2 aromatic rings. The van der Waals surface area contributed by atoms with Gasteiger partial charge in [0.2, 0.25) is 0 Å². The van der Waals surface area contributed by atoms with Crippen LogP contribution in [0.25, 0.3) is 10.8 Å². The SMILES string of the molecule is N/C(=N/O)c1ccc(N2CCCC2)c2ccccc12. The van der Waals surface area contributed by atoms with Crippen LogP contribution < -0.4 is 10.6 Å². The largest absolute Gasteiger partial charge is 0.409 e. The Balaban J connectivity index is 2.21. The number of nitrogens with two attached hydrogens (primary N) is 1. The number of amidine groups is 1. The molecule has 0 spiro atoms. The highest BCUT2D eigenvalue weighted by Crippen LogP contribution is 2.31. The predicted octanol–water partition coefficient (Wildman–Crippen LogP) is 2.53. The molecule has 0 atom stereocenters. The summed E-state index contributed by atoms with van der Waals surface area (Å²) in [6.45, 7) is 2.21. The molecule has 98 valence electrons. The van der Waals surface area contributed by atoms with E-state index in [9.17, 15) is 0 Å². The lowest BCUT2D eigenvalue weighted by Crippen LogP contribution is -2.19. The number of hydrogen-bond donors (Lipinski definition) is 2. The molecule has 1 saturated heterocycles. The van der Waals surface area contributed by atoms with E-state index in [4.69, 9.17) is 10.9 Å². The van der Waals surface area contributed by atoms with Gasteiger partial charge in [-0.3, -0.25) is 0 Å². The van der Waals surface area contributed by atoms with Gasteiger partial charge in [0.25, 0.3) is 0 Å². The molecule has 0 aromatic heterocycles. The van der Waals surface area contributed by atoms with Crippen molar-refractivity contribution >= 4 is 22.3 Å². The zero-order chi connectivity index (χ0) is 13.2. The summed E-state index contributed by atoms with van der Waals surface area (Å²) < 4.78 is 0. The van der Waals surface area contributed by atoms with Gasteiger partial charge in [-0.25, -0.2) is 0 Å². The van der Waals surface area contributed by atoms with Gasteiger partial charge in [-0.2, -0.15) is 0 Å². The van der Waals surface area contributed by atoms with Crippen molar-refractivity contribution in [3.63, 3.8) is 0 Å². The Bertz CT molecular complexity index is 630. The van der Waals surface area contributed by atoms with E-state index in [1.54, 1.807) is 0 Å². The van der Waals surface area contributed by atoms with Crippen LogP contribution >= 0.6 is 0 Å². The van der Waals surface area contributed by atoms with E-state index >= 15 is 0 Å². The van der Waals surface area contributed by atoms with Crippen molar-refractivity contribution in [2.45, 2.75) is 12.8 Å². The minimum atomic E-state index is 0.157. The molecule has 19 heavy (non-hydrogen) atoms. The first-order valence-electron chi connectivity index (χ1n) is 6.56. The van der Waals surface area contributed by atoms with E-state index < -0.39 is 0 Å². The molecule has 0 saturated carbocycles. The van der Waals surface area contributed by atoms with Crippen LogP contribution in [0, 0.1) is 0 Å². The third-order valence-electron chi connectivity index (χ3n) is 3.73. The highest BCUT2D eigenvalue weighted by Gasteiger charge is 2.16. The van der Waals surface area contributed by atoms with Crippen molar-refractivity contribution in [1.29, 1.82) is 0 Å². The summed E-state index contributed by atoms with van der Waals surface area (Å²) in [6, 6.07) is 12.1. The number of hydrogen-bond acceptors (Lipinski definition) is 3. The lowest BCUT2D eigenvalue weighted by Gasteiger charge is -2.21. The fourth-order valence-corrected chi connectivity index (χ4v) is 2.79. The van der Waals surface area contributed by atoms with Crippen LogP contribution in [0.1, 0.15) is 18.4 Å². The molecule has 4 heteroatoms. The Kier molecular flexibility index (Phi) is 2.99. The van der Waals surface area contributed by atoms with Crippen molar-refractivity contribution in [2.24, 2.45) is 10.9 Å². The average molecular weight is 255 g/mol. The molecular weight excluding hydrogens is 238 g/mol. The van der Waals surface area contributed by atoms with Gasteiger partial charge in [0.15, 0.2) is 5.84 Å². The number of rotatable bonds is 2. The molecule has 0 radical (unpaired) electrons. The van der Waals surface area contributed by atoms with Gasteiger partial charge in [-0.15, -0.1) is 0 Å². The lowest BCUT2D eigenvalue weighted by molar-refractivity contribution is 0.318. The molecule has 0 amide bonds. The van der Waals surface area contributed by atoms with Crippen molar-refractivity contribution in [1.82, 2.24) is 0 Å². The molecule has 0 aliphatic carbocycles. The monoisotopic (exact) mass is 255 g/mol. The van der Waals surface area contributed by atoms with Gasteiger partial charge in [0, 0.05) is 29.7 Å². The summed E-state index contributed by atoms with van der Waals surface area (Å²) in [5.41, 5.74) is 7.77. The van der Waals surface area contributed by atoms with Crippen LogP contribution in [0.4, 0.5) is 5.69 Å². The minimum absolute atomic E-state index is 0.157. The molecule has 0 bridgehead atoms. The molecule has 3 rings (SSSR count). The highest BCUT2D eigenvalue weighted by atomic mass is 16.4. The molecule has 2 aromatic carbocycles. The number of oxime groups is 1. The van der Waals surface area contributed by atoms with Crippen LogP contribution in [0.5, 0.6) is 0 Å². The normalized spacial score (nSPS) is 16.2. The second kappa shape index (κ2) is 4.80. The van der Waals surface area contributed by atoms with Crippen molar-refractivity contribution in [3.05, 3.63) is 42.0 Å². The van der Waals surface area contributed by atoms with Gasteiger partial charge in [-0.05, 0) is 30.4 Å². The van der Waals surface area contributed by atoms with E-state index in [0.29, 0.717) is 0 Å². The maximum Gasteiger partial charge on any atom is 0.170 e. The smallest absolute Gasteiger partial charge is 0.170 e. The first-order valence-corrected chi connectivity index (χ1v) is 6.56. The number of benzene rings is 2. The third kappa shape index (κ3) is 1.99. The minimum Gasteiger partial charge on any atom is -0.409 e. The van der Waals surface area contributed by atoms with Gasteiger partial charge in [-0.1, -0.05) is 29.4 Å². The van der Waals surface area contributed by atoms with Gasteiger partial charge >= 0.3 is 0 Å². The summed E-state index contributed by atoms with van der Waals surface area (Å²) in [5.74, 6) is 0.157. The first-order chi connectivity index (χ1) is 9.31.